The number of rotatable bonds is 6. The molecule has 0 fully saturated rings. The summed E-state index contributed by atoms with van der Waals surface area (Å²) in [5, 5.41) is 4.97. The highest BCUT2D eigenvalue weighted by atomic mass is 35.5. The van der Waals surface area contributed by atoms with E-state index in [-0.39, 0.29) is 0 Å². The van der Waals surface area contributed by atoms with Crippen LogP contribution < -0.4 is 5.73 Å². The van der Waals surface area contributed by atoms with E-state index in [0.29, 0.717) is 30.0 Å². The highest BCUT2D eigenvalue weighted by molar-refractivity contribution is 6.31. The molecule has 0 bridgehead atoms. The minimum atomic E-state index is 0.303. The number of aromatic nitrogens is 2. The van der Waals surface area contributed by atoms with E-state index in [1.807, 2.05) is 4.68 Å². The standard InChI is InChI=1S/C11H20ClN3O/c1-8(6-13)9(2)11-10(12)7-14-15(11)4-5-16-3/h7-9H,4-6,13H2,1-3H3. The minimum Gasteiger partial charge on any atom is -0.383 e. The van der Waals surface area contributed by atoms with Crippen molar-refractivity contribution in [2.24, 2.45) is 11.7 Å². The molecule has 0 saturated heterocycles. The van der Waals surface area contributed by atoms with Crippen LogP contribution in [0.25, 0.3) is 0 Å². The van der Waals surface area contributed by atoms with Crippen LogP contribution in [0.15, 0.2) is 6.20 Å². The van der Waals surface area contributed by atoms with Gasteiger partial charge in [-0.3, -0.25) is 4.68 Å². The van der Waals surface area contributed by atoms with Crippen molar-refractivity contribution in [2.45, 2.75) is 26.3 Å². The number of nitrogens with zero attached hydrogens (tertiary/aromatic N) is 2. The molecule has 1 aromatic heterocycles. The monoisotopic (exact) mass is 245 g/mol. The molecule has 1 rings (SSSR count). The molecule has 5 heteroatoms. The molecule has 0 radical (unpaired) electrons. The van der Waals surface area contributed by atoms with Crippen LogP contribution in [0.1, 0.15) is 25.5 Å². The summed E-state index contributed by atoms with van der Waals surface area (Å²) in [6.07, 6.45) is 1.69. The zero-order valence-corrected chi connectivity index (χ0v) is 10.9. The van der Waals surface area contributed by atoms with Gasteiger partial charge in [-0.1, -0.05) is 25.4 Å². The van der Waals surface area contributed by atoms with Gasteiger partial charge in [-0.15, -0.1) is 0 Å². The lowest BCUT2D eigenvalue weighted by atomic mass is 9.93. The molecule has 2 N–H and O–H groups in total. The van der Waals surface area contributed by atoms with Crippen molar-refractivity contribution in [3.63, 3.8) is 0 Å². The zero-order valence-electron chi connectivity index (χ0n) is 10.1. The van der Waals surface area contributed by atoms with Crippen LogP contribution >= 0.6 is 11.6 Å². The Balaban J connectivity index is 2.87. The van der Waals surface area contributed by atoms with Gasteiger partial charge in [-0.2, -0.15) is 5.10 Å². The van der Waals surface area contributed by atoms with Crippen LogP contribution in [0, 0.1) is 5.92 Å². The summed E-state index contributed by atoms with van der Waals surface area (Å²) in [5.74, 6) is 0.687. The molecule has 0 spiro atoms. The second kappa shape index (κ2) is 6.23. The summed E-state index contributed by atoms with van der Waals surface area (Å²) >= 11 is 6.15. The van der Waals surface area contributed by atoms with Gasteiger partial charge in [0.05, 0.1) is 30.1 Å². The van der Waals surface area contributed by atoms with Crippen LogP contribution in [0.5, 0.6) is 0 Å². The lowest BCUT2D eigenvalue weighted by molar-refractivity contribution is 0.181. The van der Waals surface area contributed by atoms with Crippen molar-refractivity contribution in [3.8, 4) is 0 Å². The Labute approximate surface area is 102 Å². The highest BCUT2D eigenvalue weighted by Crippen LogP contribution is 2.29. The first-order chi connectivity index (χ1) is 7.61. The number of hydrogen-bond donors (Lipinski definition) is 1. The minimum absolute atomic E-state index is 0.303. The van der Waals surface area contributed by atoms with Crippen LogP contribution in [-0.4, -0.2) is 30.0 Å². The maximum atomic E-state index is 6.15. The van der Waals surface area contributed by atoms with Gasteiger partial charge in [0, 0.05) is 13.0 Å². The quantitative estimate of drug-likeness (QED) is 0.833. The Morgan fingerprint density at radius 3 is 2.81 bits per heavy atom. The molecule has 4 nitrogen and oxygen atoms in total. The van der Waals surface area contributed by atoms with Crippen molar-refractivity contribution < 1.29 is 4.74 Å². The average Bonchev–Trinajstić information content (AvgIpc) is 2.65. The Bertz CT molecular complexity index is 327. The molecule has 1 aromatic rings. The fraction of sp³-hybridized carbons (Fsp3) is 0.727. The van der Waals surface area contributed by atoms with Gasteiger partial charge in [0.25, 0.3) is 0 Å². The molecule has 0 aliphatic heterocycles. The van der Waals surface area contributed by atoms with E-state index in [1.165, 1.54) is 0 Å². The molecule has 0 saturated carbocycles. The highest BCUT2D eigenvalue weighted by Gasteiger charge is 2.20. The summed E-state index contributed by atoms with van der Waals surface area (Å²) in [6.45, 7) is 6.25. The molecule has 0 amide bonds. The first-order valence-electron chi connectivity index (χ1n) is 5.52. The van der Waals surface area contributed by atoms with Gasteiger partial charge in [0.15, 0.2) is 0 Å². The normalized spacial score (nSPS) is 15.1. The largest absolute Gasteiger partial charge is 0.383 e. The van der Waals surface area contributed by atoms with E-state index in [0.717, 1.165) is 12.2 Å². The molecule has 0 aliphatic rings. The van der Waals surface area contributed by atoms with Crippen molar-refractivity contribution >= 4 is 11.6 Å². The summed E-state index contributed by atoms with van der Waals surface area (Å²) in [5.41, 5.74) is 6.73. The maximum Gasteiger partial charge on any atom is 0.0820 e. The van der Waals surface area contributed by atoms with Gasteiger partial charge in [-0.25, -0.2) is 0 Å². The molecule has 1 heterocycles. The number of nitrogens with two attached hydrogens (primary N) is 1. The van der Waals surface area contributed by atoms with Gasteiger partial charge >= 0.3 is 0 Å². The van der Waals surface area contributed by atoms with E-state index in [9.17, 15) is 0 Å². The second-order valence-corrected chi connectivity index (χ2v) is 4.50. The van der Waals surface area contributed by atoms with Gasteiger partial charge in [0.1, 0.15) is 0 Å². The number of hydrogen-bond acceptors (Lipinski definition) is 3. The van der Waals surface area contributed by atoms with Crippen LogP contribution in [0.2, 0.25) is 5.02 Å². The first kappa shape index (κ1) is 13.5. The topological polar surface area (TPSA) is 53.1 Å². The SMILES string of the molecule is COCCn1ncc(Cl)c1C(C)C(C)CN. The third-order valence-corrected chi connectivity index (χ3v) is 3.29. The maximum absolute atomic E-state index is 6.15. The van der Waals surface area contributed by atoms with E-state index >= 15 is 0 Å². The lowest BCUT2D eigenvalue weighted by Gasteiger charge is -2.20. The predicted molar refractivity (Wildman–Crippen MR) is 65.7 cm³/mol. The van der Waals surface area contributed by atoms with Crippen molar-refractivity contribution in [2.75, 3.05) is 20.3 Å². The number of ether oxygens (including phenoxy) is 1. The van der Waals surface area contributed by atoms with Crippen molar-refractivity contribution in [3.05, 3.63) is 16.9 Å². The molecular formula is C11H20ClN3O. The van der Waals surface area contributed by atoms with E-state index in [4.69, 9.17) is 22.1 Å². The molecule has 92 valence electrons. The number of methoxy groups -OCH3 is 1. The molecule has 0 aliphatic carbocycles. The third kappa shape index (κ3) is 2.97. The lowest BCUT2D eigenvalue weighted by Crippen LogP contribution is -2.21. The van der Waals surface area contributed by atoms with Gasteiger partial charge in [-0.05, 0) is 12.5 Å². The van der Waals surface area contributed by atoms with Crippen molar-refractivity contribution in [1.29, 1.82) is 0 Å². The summed E-state index contributed by atoms with van der Waals surface area (Å²) < 4.78 is 6.95. The predicted octanol–water partition coefficient (Wildman–Crippen LogP) is 1.88. The van der Waals surface area contributed by atoms with E-state index in [2.05, 4.69) is 18.9 Å². The smallest absolute Gasteiger partial charge is 0.0820 e. The summed E-state index contributed by atoms with van der Waals surface area (Å²) in [6, 6.07) is 0. The van der Waals surface area contributed by atoms with E-state index < -0.39 is 0 Å². The Morgan fingerprint density at radius 2 is 2.25 bits per heavy atom. The molecule has 2 atom stereocenters. The van der Waals surface area contributed by atoms with Crippen LogP contribution in [-0.2, 0) is 11.3 Å². The number of halogens is 1. The molecule has 0 aromatic carbocycles. The Morgan fingerprint density at radius 1 is 1.56 bits per heavy atom. The van der Waals surface area contributed by atoms with Crippen molar-refractivity contribution in [1.82, 2.24) is 9.78 Å². The molecule has 16 heavy (non-hydrogen) atoms. The van der Waals surface area contributed by atoms with Gasteiger partial charge in [0.2, 0.25) is 0 Å². The fourth-order valence-electron chi connectivity index (χ4n) is 1.65. The zero-order chi connectivity index (χ0) is 12.1. The second-order valence-electron chi connectivity index (χ2n) is 4.10. The Kier molecular flexibility index (Phi) is 5.25. The first-order valence-corrected chi connectivity index (χ1v) is 5.89. The average molecular weight is 246 g/mol. The van der Waals surface area contributed by atoms with Gasteiger partial charge < -0.3 is 10.5 Å². The summed E-state index contributed by atoms with van der Waals surface area (Å²) in [4.78, 5) is 0. The molecular weight excluding hydrogens is 226 g/mol. The third-order valence-electron chi connectivity index (χ3n) is 3.00. The Hall–Kier alpha value is -0.580. The van der Waals surface area contributed by atoms with Crippen LogP contribution in [0.4, 0.5) is 0 Å². The van der Waals surface area contributed by atoms with Crippen LogP contribution in [0.3, 0.4) is 0 Å². The molecule has 2 unspecified atom stereocenters. The fourth-order valence-corrected chi connectivity index (χ4v) is 1.97. The van der Waals surface area contributed by atoms with E-state index in [1.54, 1.807) is 13.3 Å². The summed E-state index contributed by atoms with van der Waals surface area (Å²) in [7, 11) is 1.68.